The Kier molecular flexibility index (Phi) is 5.59. The van der Waals surface area contributed by atoms with E-state index in [0.717, 1.165) is 32.0 Å². The summed E-state index contributed by atoms with van der Waals surface area (Å²) in [5, 5.41) is 4.02. The second kappa shape index (κ2) is 8.46. The van der Waals surface area contributed by atoms with Crippen molar-refractivity contribution in [2.45, 2.75) is 25.1 Å². The Morgan fingerprint density at radius 3 is 2.59 bits per heavy atom. The van der Waals surface area contributed by atoms with Gasteiger partial charge in [0, 0.05) is 37.3 Å². The van der Waals surface area contributed by atoms with E-state index in [4.69, 9.17) is 9.47 Å². The molecule has 2 aliphatic rings. The maximum absolute atomic E-state index is 14.0. The number of nitrogens with zero attached hydrogens (tertiary/aromatic N) is 5. The Bertz CT molecular complexity index is 1240. The Morgan fingerprint density at radius 2 is 1.85 bits per heavy atom. The number of hydrogen-bond acceptors (Lipinski definition) is 6. The molecule has 0 saturated carbocycles. The van der Waals surface area contributed by atoms with Crippen LogP contribution in [0.1, 0.15) is 29.0 Å². The summed E-state index contributed by atoms with van der Waals surface area (Å²) in [7, 11) is 2.92. The first-order chi connectivity index (χ1) is 16.3. The third-order valence-electron chi connectivity index (χ3n) is 6.49. The summed E-state index contributed by atoms with van der Waals surface area (Å²) in [5.74, 6) is 0.437. The van der Waals surface area contributed by atoms with Crippen LogP contribution in [0.4, 0.5) is 13.2 Å². The lowest BCUT2D eigenvalue weighted by Crippen LogP contribution is -2.52. The van der Waals surface area contributed by atoms with Gasteiger partial charge in [-0.1, -0.05) is 0 Å². The van der Waals surface area contributed by atoms with Crippen LogP contribution in [0.2, 0.25) is 0 Å². The highest BCUT2D eigenvalue weighted by Gasteiger charge is 2.37. The number of hydrogen-bond donors (Lipinski definition) is 0. The summed E-state index contributed by atoms with van der Waals surface area (Å²) < 4.78 is 53.0. The van der Waals surface area contributed by atoms with E-state index in [2.05, 4.69) is 15.0 Å². The van der Waals surface area contributed by atoms with Crippen LogP contribution in [0.5, 0.6) is 11.5 Å². The number of amides is 1. The number of alkyl halides is 3. The van der Waals surface area contributed by atoms with E-state index >= 15 is 0 Å². The zero-order valence-electron chi connectivity index (χ0n) is 18.8. The van der Waals surface area contributed by atoms with Gasteiger partial charge in [-0.2, -0.15) is 18.3 Å². The largest absolute Gasteiger partial charge is 0.493 e. The summed E-state index contributed by atoms with van der Waals surface area (Å²) in [6.45, 7) is 2.88. The van der Waals surface area contributed by atoms with Crippen molar-refractivity contribution >= 4 is 11.6 Å². The first kappa shape index (κ1) is 22.5. The monoisotopic (exact) mass is 475 g/mol. The fourth-order valence-electron chi connectivity index (χ4n) is 4.76. The molecular weight excluding hydrogens is 451 g/mol. The predicted octanol–water partition coefficient (Wildman–Crippen LogP) is 3.35. The number of methoxy groups -OCH3 is 2. The zero-order chi connectivity index (χ0) is 24.0. The quantitative estimate of drug-likeness (QED) is 0.577. The van der Waals surface area contributed by atoms with E-state index in [9.17, 15) is 18.0 Å². The van der Waals surface area contributed by atoms with Gasteiger partial charge in [0.1, 0.15) is 0 Å². The molecule has 1 atom stereocenters. The van der Waals surface area contributed by atoms with Crippen LogP contribution in [0.25, 0.3) is 16.9 Å². The minimum absolute atomic E-state index is 0.0473. The highest BCUT2D eigenvalue weighted by atomic mass is 19.4. The Hall–Kier alpha value is -3.34. The summed E-state index contributed by atoms with van der Waals surface area (Å²) >= 11 is 0. The van der Waals surface area contributed by atoms with Gasteiger partial charge in [0.05, 0.1) is 19.9 Å². The van der Waals surface area contributed by atoms with Crippen molar-refractivity contribution in [1.29, 1.82) is 0 Å². The number of aromatic nitrogens is 3. The Balaban J connectivity index is 1.54. The van der Waals surface area contributed by atoms with Crippen LogP contribution in [-0.2, 0) is 6.18 Å². The minimum Gasteiger partial charge on any atom is -0.493 e. The highest BCUT2D eigenvalue weighted by molar-refractivity contribution is 5.93. The van der Waals surface area contributed by atoms with Crippen molar-refractivity contribution < 1.29 is 27.4 Å². The number of rotatable bonds is 4. The molecule has 2 fully saturated rings. The molecule has 1 amide bonds. The van der Waals surface area contributed by atoms with Crippen LogP contribution < -0.4 is 9.47 Å². The maximum atomic E-state index is 14.0. The number of carbonyl (C=O) groups is 1. The molecule has 2 aliphatic heterocycles. The number of carbonyl (C=O) groups excluding carboxylic acids is 1. The van der Waals surface area contributed by atoms with Gasteiger partial charge in [0.25, 0.3) is 5.91 Å². The first-order valence-corrected chi connectivity index (χ1v) is 11.0. The van der Waals surface area contributed by atoms with Crippen LogP contribution in [-0.4, -0.2) is 76.7 Å². The molecule has 0 spiro atoms. The van der Waals surface area contributed by atoms with E-state index in [1.54, 1.807) is 23.1 Å². The molecule has 8 nitrogen and oxygen atoms in total. The second-order valence-corrected chi connectivity index (χ2v) is 8.48. The molecule has 180 valence electrons. The van der Waals surface area contributed by atoms with Crippen LogP contribution >= 0.6 is 0 Å². The first-order valence-electron chi connectivity index (χ1n) is 11.0. The van der Waals surface area contributed by atoms with Crippen molar-refractivity contribution in [3.8, 4) is 22.8 Å². The molecule has 0 radical (unpaired) electrons. The van der Waals surface area contributed by atoms with Crippen molar-refractivity contribution in [2.24, 2.45) is 0 Å². The van der Waals surface area contributed by atoms with E-state index in [1.807, 2.05) is 0 Å². The molecule has 11 heteroatoms. The van der Waals surface area contributed by atoms with E-state index < -0.39 is 11.9 Å². The topological polar surface area (TPSA) is 72.2 Å². The van der Waals surface area contributed by atoms with Crippen molar-refractivity contribution in [1.82, 2.24) is 24.4 Å². The SMILES string of the molecule is COc1ccc(-c2cc(C(F)(F)F)n3nc(C(=O)N4CCN5CCC[C@@H]5C4)cc3n2)cc1OC. The molecule has 2 aromatic heterocycles. The normalized spacial score (nSPS) is 18.9. The lowest BCUT2D eigenvalue weighted by atomic mass is 10.1. The number of ether oxygens (including phenoxy) is 2. The molecular formula is C23H24F3N5O3. The molecule has 5 rings (SSSR count). The van der Waals surface area contributed by atoms with Crippen molar-refractivity contribution in [3.05, 3.63) is 41.7 Å². The van der Waals surface area contributed by atoms with Gasteiger partial charge >= 0.3 is 6.18 Å². The summed E-state index contributed by atoms with van der Waals surface area (Å²) in [6, 6.07) is 7.30. The minimum atomic E-state index is -4.70. The second-order valence-electron chi connectivity index (χ2n) is 8.48. The number of halogens is 3. The average molecular weight is 475 g/mol. The number of benzene rings is 1. The maximum Gasteiger partial charge on any atom is 0.433 e. The van der Waals surface area contributed by atoms with Crippen LogP contribution in [0, 0.1) is 0 Å². The summed E-state index contributed by atoms with van der Waals surface area (Å²) in [6.07, 6.45) is -2.59. The Labute approximate surface area is 193 Å². The summed E-state index contributed by atoms with van der Waals surface area (Å²) in [4.78, 5) is 21.5. The van der Waals surface area contributed by atoms with Gasteiger partial charge in [0.2, 0.25) is 0 Å². The van der Waals surface area contributed by atoms with E-state index in [1.165, 1.54) is 20.3 Å². The van der Waals surface area contributed by atoms with E-state index in [-0.39, 0.29) is 22.9 Å². The van der Waals surface area contributed by atoms with Crippen LogP contribution in [0.3, 0.4) is 0 Å². The fourth-order valence-corrected chi connectivity index (χ4v) is 4.76. The molecule has 0 aliphatic carbocycles. The predicted molar refractivity (Wildman–Crippen MR) is 117 cm³/mol. The molecule has 0 bridgehead atoms. The van der Waals surface area contributed by atoms with Gasteiger partial charge in [-0.15, -0.1) is 0 Å². The zero-order valence-corrected chi connectivity index (χ0v) is 18.8. The summed E-state index contributed by atoms with van der Waals surface area (Å²) in [5.41, 5.74) is -0.616. The van der Waals surface area contributed by atoms with Gasteiger partial charge < -0.3 is 14.4 Å². The highest BCUT2D eigenvalue weighted by Crippen LogP contribution is 2.35. The standard InChI is InChI=1S/C23H24F3N5O3/c1-33-18-6-5-14(10-19(18)34-2)16-11-20(23(24,25)26)31-21(27-16)12-17(28-31)22(32)30-9-8-29-7-3-4-15(29)13-30/h5-6,10-12,15H,3-4,7-9,13H2,1-2H3/t15-/m1/s1. The average Bonchev–Trinajstić information content (AvgIpc) is 3.48. The van der Waals surface area contributed by atoms with Crippen molar-refractivity contribution in [2.75, 3.05) is 40.4 Å². The van der Waals surface area contributed by atoms with E-state index in [0.29, 0.717) is 40.7 Å². The third kappa shape index (κ3) is 3.93. The molecule has 1 aromatic carbocycles. The molecule has 4 heterocycles. The lowest BCUT2D eigenvalue weighted by Gasteiger charge is -2.37. The molecule has 0 N–H and O–H groups in total. The third-order valence-corrected chi connectivity index (χ3v) is 6.49. The van der Waals surface area contributed by atoms with Gasteiger partial charge in [0.15, 0.2) is 28.5 Å². The van der Waals surface area contributed by atoms with Gasteiger partial charge in [-0.25, -0.2) is 9.50 Å². The molecule has 0 unspecified atom stereocenters. The molecule has 34 heavy (non-hydrogen) atoms. The van der Waals surface area contributed by atoms with Crippen molar-refractivity contribution in [3.63, 3.8) is 0 Å². The molecule has 3 aromatic rings. The number of piperazine rings is 1. The van der Waals surface area contributed by atoms with Gasteiger partial charge in [-0.3, -0.25) is 9.69 Å². The molecule has 2 saturated heterocycles. The smallest absolute Gasteiger partial charge is 0.433 e. The lowest BCUT2D eigenvalue weighted by molar-refractivity contribution is -0.142. The number of fused-ring (bicyclic) bond motifs is 2. The Morgan fingerprint density at radius 1 is 1.06 bits per heavy atom. The fraction of sp³-hybridized carbons (Fsp3) is 0.435. The van der Waals surface area contributed by atoms with Crippen LogP contribution in [0.15, 0.2) is 30.3 Å². The van der Waals surface area contributed by atoms with Gasteiger partial charge in [-0.05, 0) is 43.7 Å².